The zero-order valence-electron chi connectivity index (χ0n) is 11.9. The van der Waals surface area contributed by atoms with Crippen LogP contribution in [-0.4, -0.2) is 30.1 Å². The molecule has 0 aliphatic rings. The third kappa shape index (κ3) is 5.64. The molecule has 0 aliphatic carbocycles. The molecule has 0 heterocycles. The number of rotatable bonds is 8. The van der Waals surface area contributed by atoms with E-state index in [9.17, 15) is 14.0 Å². The Bertz CT molecular complexity index is 544. The number of halogens is 1. The molecule has 21 heavy (non-hydrogen) atoms. The highest BCUT2D eigenvalue weighted by molar-refractivity contribution is 5.85. The molecule has 0 saturated heterocycles. The third-order valence-electron chi connectivity index (χ3n) is 2.86. The van der Waals surface area contributed by atoms with Crippen molar-refractivity contribution in [3.05, 3.63) is 35.7 Å². The third-order valence-corrected chi connectivity index (χ3v) is 2.86. The van der Waals surface area contributed by atoms with Crippen LogP contribution in [0.15, 0.2) is 24.3 Å². The molecule has 5 nitrogen and oxygen atoms in total. The minimum Gasteiger partial charge on any atom is -0.478 e. The lowest BCUT2D eigenvalue weighted by Gasteiger charge is -2.23. The van der Waals surface area contributed by atoms with Crippen LogP contribution in [0.3, 0.4) is 0 Å². The fourth-order valence-corrected chi connectivity index (χ4v) is 1.87. The van der Waals surface area contributed by atoms with Gasteiger partial charge < -0.3 is 15.7 Å². The van der Waals surface area contributed by atoms with Gasteiger partial charge in [-0.3, -0.25) is 4.79 Å². The van der Waals surface area contributed by atoms with Crippen molar-refractivity contribution in [2.75, 3.05) is 18.0 Å². The van der Waals surface area contributed by atoms with E-state index < -0.39 is 17.7 Å². The number of carboxylic acids is 1. The normalized spacial score (nSPS) is 10.8. The van der Waals surface area contributed by atoms with Gasteiger partial charge >= 0.3 is 5.97 Å². The zero-order valence-corrected chi connectivity index (χ0v) is 11.9. The van der Waals surface area contributed by atoms with E-state index in [4.69, 9.17) is 10.8 Å². The minimum atomic E-state index is -1.10. The van der Waals surface area contributed by atoms with Crippen molar-refractivity contribution in [2.24, 2.45) is 5.73 Å². The molecule has 0 saturated carbocycles. The van der Waals surface area contributed by atoms with Crippen LogP contribution in [0, 0.1) is 5.82 Å². The topological polar surface area (TPSA) is 83.6 Å². The van der Waals surface area contributed by atoms with Crippen LogP contribution in [0.2, 0.25) is 0 Å². The summed E-state index contributed by atoms with van der Waals surface area (Å²) in [4.78, 5) is 23.1. The first kappa shape index (κ1) is 16.7. The Morgan fingerprint density at radius 2 is 2.14 bits per heavy atom. The molecule has 1 rings (SSSR count). The number of anilines is 1. The van der Waals surface area contributed by atoms with E-state index in [0.29, 0.717) is 12.1 Å². The van der Waals surface area contributed by atoms with E-state index in [2.05, 4.69) is 0 Å². The second-order valence-corrected chi connectivity index (χ2v) is 4.62. The summed E-state index contributed by atoms with van der Waals surface area (Å²) in [6.45, 7) is 2.47. The maximum atomic E-state index is 14.1. The Morgan fingerprint density at radius 1 is 1.43 bits per heavy atom. The predicted octanol–water partition coefficient (Wildman–Crippen LogP) is 2.02. The van der Waals surface area contributed by atoms with Crippen molar-refractivity contribution in [2.45, 2.75) is 19.8 Å². The molecule has 0 spiro atoms. The summed E-state index contributed by atoms with van der Waals surface area (Å²) in [7, 11) is 0. The number of carbonyl (C=O) groups excluding carboxylic acids is 1. The molecule has 0 atom stereocenters. The Balaban J connectivity index is 2.98. The van der Waals surface area contributed by atoms with Crippen molar-refractivity contribution in [3.63, 3.8) is 0 Å². The largest absolute Gasteiger partial charge is 0.478 e. The molecule has 0 aliphatic heterocycles. The Hall–Kier alpha value is -2.37. The fraction of sp³-hybridized carbons (Fsp3) is 0.333. The smallest absolute Gasteiger partial charge is 0.328 e. The molecule has 1 aromatic rings. The lowest BCUT2D eigenvalue weighted by atomic mass is 10.1. The number of hydrogen-bond donors (Lipinski definition) is 2. The maximum Gasteiger partial charge on any atom is 0.328 e. The second kappa shape index (κ2) is 8.04. The Kier molecular flexibility index (Phi) is 6.39. The van der Waals surface area contributed by atoms with Crippen LogP contribution in [0.4, 0.5) is 10.1 Å². The summed E-state index contributed by atoms with van der Waals surface area (Å²) in [5.41, 5.74) is 5.91. The van der Waals surface area contributed by atoms with Crippen LogP contribution < -0.4 is 10.6 Å². The van der Waals surface area contributed by atoms with Gasteiger partial charge in [-0.25, -0.2) is 9.18 Å². The molecule has 1 aromatic carbocycles. The van der Waals surface area contributed by atoms with Crippen LogP contribution in [0.25, 0.3) is 6.08 Å². The standard InChI is InChI=1S/C15H19FN2O3/c1-2-3-8-18(10-14(17)19)13-6-4-11(9-12(13)16)5-7-15(20)21/h4-7,9H,2-3,8,10H2,1H3,(H2,17,19)(H,20,21). The second-order valence-electron chi connectivity index (χ2n) is 4.62. The number of primary amides is 1. The SMILES string of the molecule is CCCCN(CC(N)=O)c1ccc(C=CC(=O)O)cc1F. The van der Waals surface area contributed by atoms with Gasteiger partial charge in [0.05, 0.1) is 12.2 Å². The van der Waals surface area contributed by atoms with Gasteiger partial charge in [0.15, 0.2) is 0 Å². The van der Waals surface area contributed by atoms with E-state index >= 15 is 0 Å². The number of hydrogen-bond acceptors (Lipinski definition) is 3. The molecule has 114 valence electrons. The number of aliphatic carboxylic acids is 1. The van der Waals surface area contributed by atoms with Crippen molar-refractivity contribution in [3.8, 4) is 0 Å². The number of carbonyl (C=O) groups is 2. The predicted molar refractivity (Wildman–Crippen MR) is 79.4 cm³/mol. The van der Waals surface area contributed by atoms with Gasteiger partial charge in [-0.2, -0.15) is 0 Å². The van der Waals surface area contributed by atoms with Crippen molar-refractivity contribution < 1.29 is 19.1 Å². The highest BCUT2D eigenvalue weighted by Crippen LogP contribution is 2.21. The fourth-order valence-electron chi connectivity index (χ4n) is 1.87. The number of amides is 1. The van der Waals surface area contributed by atoms with Gasteiger partial charge in [-0.15, -0.1) is 0 Å². The highest BCUT2D eigenvalue weighted by atomic mass is 19.1. The van der Waals surface area contributed by atoms with E-state index in [0.717, 1.165) is 18.9 Å². The number of nitrogens with two attached hydrogens (primary N) is 1. The molecular weight excluding hydrogens is 275 g/mol. The zero-order chi connectivity index (χ0) is 15.8. The van der Waals surface area contributed by atoms with Gasteiger partial charge in [0, 0.05) is 12.6 Å². The summed E-state index contributed by atoms with van der Waals surface area (Å²) < 4.78 is 14.1. The van der Waals surface area contributed by atoms with E-state index in [-0.39, 0.29) is 12.2 Å². The molecule has 0 radical (unpaired) electrons. The molecule has 0 bridgehead atoms. The quantitative estimate of drug-likeness (QED) is 0.718. The van der Waals surface area contributed by atoms with Gasteiger partial charge in [0.1, 0.15) is 5.82 Å². The Morgan fingerprint density at radius 3 is 2.67 bits per heavy atom. The summed E-state index contributed by atoms with van der Waals surface area (Å²) in [6, 6.07) is 4.35. The average molecular weight is 294 g/mol. The number of carboxylic acid groups (broad SMARTS) is 1. The van der Waals surface area contributed by atoms with Crippen LogP contribution >= 0.6 is 0 Å². The van der Waals surface area contributed by atoms with Crippen molar-refractivity contribution >= 4 is 23.6 Å². The molecule has 6 heteroatoms. The molecule has 3 N–H and O–H groups in total. The van der Waals surface area contributed by atoms with Gasteiger partial charge in [-0.1, -0.05) is 19.4 Å². The van der Waals surface area contributed by atoms with Gasteiger partial charge in [0.2, 0.25) is 5.91 Å². The van der Waals surface area contributed by atoms with Crippen molar-refractivity contribution in [1.29, 1.82) is 0 Å². The van der Waals surface area contributed by atoms with E-state index in [1.165, 1.54) is 18.2 Å². The minimum absolute atomic E-state index is 0.0543. The first-order chi connectivity index (χ1) is 9.93. The number of unbranched alkanes of at least 4 members (excludes halogenated alkanes) is 1. The molecule has 1 amide bonds. The first-order valence-corrected chi connectivity index (χ1v) is 6.67. The molecule has 0 fully saturated rings. The average Bonchev–Trinajstić information content (AvgIpc) is 2.41. The summed E-state index contributed by atoms with van der Waals surface area (Å²) in [5.74, 6) is -2.14. The molecular formula is C15H19FN2O3. The number of nitrogens with zero attached hydrogens (tertiary/aromatic N) is 1. The maximum absolute atomic E-state index is 14.1. The summed E-state index contributed by atoms with van der Waals surface area (Å²) in [5, 5.41) is 8.54. The number of benzene rings is 1. The Labute approximate surface area is 122 Å². The highest BCUT2D eigenvalue weighted by Gasteiger charge is 2.13. The first-order valence-electron chi connectivity index (χ1n) is 6.67. The van der Waals surface area contributed by atoms with E-state index in [1.807, 2.05) is 6.92 Å². The van der Waals surface area contributed by atoms with Gasteiger partial charge in [-0.05, 0) is 30.2 Å². The summed E-state index contributed by atoms with van der Waals surface area (Å²) >= 11 is 0. The van der Waals surface area contributed by atoms with Crippen LogP contribution in [0.5, 0.6) is 0 Å². The lowest BCUT2D eigenvalue weighted by Crippen LogP contribution is -2.35. The van der Waals surface area contributed by atoms with Gasteiger partial charge in [0.25, 0.3) is 0 Å². The van der Waals surface area contributed by atoms with Crippen molar-refractivity contribution in [1.82, 2.24) is 0 Å². The molecule has 0 aromatic heterocycles. The van der Waals surface area contributed by atoms with E-state index in [1.54, 1.807) is 11.0 Å². The van der Waals surface area contributed by atoms with Crippen LogP contribution in [0.1, 0.15) is 25.3 Å². The molecule has 0 unspecified atom stereocenters. The monoisotopic (exact) mass is 294 g/mol. The van der Waals surface area contributed by atoms with Crippen LogP contribution in [-0.2, 0) is 9.59 Å². The summed E-state index contributed by atoms with van der Waals surface area (Å²) in [6.07, 6.45) is 3.97. The lowest BCUT2D eigenvalue weighted by molar-refractivity contribution is -0.131.